The summed E-state index contributed by atoms with van der Waals surface area (Å²) in [6.07, 6.45) is 0.885. The third-order valence-electron chi connectivity index (χ3n) is 4.08. The maximum absolute atomic E-state index is 5.26. The molecule has 0 aliphatic heterocycles. The molecule has 5 heteroatoms. The van der Waals surface area contributed by atoms with Gasteiger partial charge in [-0.05, 0) is 37.1 Å². The average molecular weight is 349 g/mol. The van der Waals surface area contributed by atoms with E-state index in [2.05, 4.69) is 46.5 Å². The van der Waals surface area contributed by atoms with E-state index in [1.165, 1.54) is 11.1 Å². The number of hydrogen-bond donors (Lipinski definition) is 1. The molecule has 0 saturated heterocycles. The lowest BCUT2D eigenvalue weighted by atomic mass is 10.1. The molecule has 0 saturated carbocycles. The van der Waals surface area contributed by atoms with E-state index in [1.807, 2.05) is 30.3 Å². The van der Waals surface area contributed by atoms with Crippen LogP contribution in [-0.2, 0) is 6.42 Å². The zero-order valence-electron chi connectivity index (χ0n) is 15.3. The Kier molecular flexibility index (Phi) is 5.69. The smallest absolute Gasteiger partial charge is 0.318 e. The van der Waals surface area contributed by atoms with Crippen LogP contribution >= 0.6 is 0 Å². The minimum Gasteiger partial charge on any atom is -0.497 e. The topological polar surface area (TPSA) is 56.3 Å². The molecular formula is C21H23N3O2. The van der Waals surface area contributed by atoms with Gasteiger partial charge in [-0.15, -0.1) is 0 Å². The Bertz CT molecular complexity index is 863. The molecule has 1 N–H and O–H groups in total. The first-order valence-corrected chi connectivity index (χ1v) is 8.55. The van der Waals surface area contributed by atoms with Gasteiger partial charge in [-0.3, -0.25) is 0 Å². The van der Waals surface area contributed by atoms with Crippen LogP contribution < -0.4 is 14.8 Å². The van der Waals surface area contributed by atoms with Gasteiger partial charge in [0.15, 0.2) is 0 Å². The molecule has 134 valence electrons. The average Bonchev–Trinajstić information content (AvgIpc) is 2.68. The van der Waals surface area contributed by atoms with Gasteiger partial charge in [0.1, 0.15) is 11.6 Å². The number of anilines is 1. The molecule has 0 fully saturated rings. The summed E-state index contributed by atoms with van der Waals surface area (Å²) >= 11 is 0. The molecule has 5 nitrogen and oxygen atoms in total. The first-order chi connectivity index (χ1) is 12.7. The lowest BCUT2D eigenvalue weighted by Gasteiger charge is -2.10. The highest BCUT2D eigenvalue weighted by atomic mass is 16.5. The molecule has 0 amide bonds. The zero-order chi connectivity index (χ0) is 18.4. The van der Waals surface area contributed by atoms with Crippen molar-refractivity contribution in [2.24, 2.45) is 0 Å². The van der Waals surface area contributed by atoms with Gasteiger partial charge < -0.3 is 14.8 Å². The Morgan fingerprint density at radius 3 is 2.42 bits per heavy atom. The summed E-state index contributed by atoms with van der Waals surface area (Å²) in [5.74, 6) is 1.62. The molecule has 2 aromatic carbocycles. The maximum atomic E-state index is 5.26. The third kappa shape index (κ3) is 4.51. The monoisotopic (exact) mass is 349 g/mol. The quantitative estimate of drug-likeness (QED) is 0.695. The van der Waals surface area contributed by atoms with E-state index in [-0.39, 0.29) is 0 Å². The minimum absolute atomic E-state index is 0.357. The Balaban J connectivity index is 1.71. The normalized spacial score (nSPS) is 10.4. The fraction of sp³-hybridized carbons (Fsp3) is 0.238. The van der Waals surface area contributed by atoms with Gasteiger partial charge in [0, 0.05) is 18.2 Å². The number of hydrogen-bond acceptors (Lipinski definition) is 5. The van der Waals surface area contributed by atoms with Crippen LogP contribution in [0.4, 0.5) is 5.82 Å². The predicted molar refractivity (Wildman–Crippen MR) is 104 cm³/mol. The number of aromatic nitrogens is 2. The van der Waals surface area contributed by atoms with Crippen molar-refractivity contribution in [3.8, 4) is 23.0 Å². The van der Waals surface area contributed by atoms with E-state index in [4.69, 9.17) is 9.47 Å². The zero-order valence-corrected chi connectivity index (χ0v) is 15.3. The van der Waals surface area contributed by atoms with Crippen LogP contribution in [0.2, 0.25) is 0 Å². The van der Waals surface area contributed by atoms with E-state index >= 15 is 0 Å². The van der Waals surface area contributed by atoms with Crippen molar-refractivity contribution in [3.63, 3.8) is 0 Å². The van der Waals surface area contributed by atoms with Crippen LogP contribution in [0.5, 0.6) is 11.8 Å². The van der Waals surface area contributed by atoms with E-state index in [0.717, 1.165) is 35.8 Å². The maximum Gasteiger partial charge on any atom is 0.318 e. The molecule has 3 aromatic rings. The second kappa shape index (κ2) is 8.34. The standard InChI is InChI=1S/C21H23N3O2/c1-15-5-4-6-17(13-15)19-14-20(24-21(23-19)26-3)22-12-11-16-7-9-18(25-2)10-8-16/h4-10,13-14H,11-12H2,1-3H3,(H,22,23,24). The van der Waals surface area contributed by atoms with Gasteiger partial charge in [0.05, 0.1) is 19.9 Å². The molecule has 0 unspecified atom stereocenters. The summed E-state index contributed by atoms with van der Waals surface area (Å²) in [5, 5.41) is 3.36. The van der Waals surface area contributed by atoms with Gasteiger partial charge in [-0.1, -0.05) is 35.9 Å². The molecule has 1 heterocycles. The molecule has 0 radical (unpaired) electrons. The fourth-order valence-corrected chi connectivity index (χ4v) is 2.69. The number of ether oxygens (including phenoxy) is 2. The van der Waals surface area contributed by atoms with Gasteiger partial charge >= 0.3 is 6.01 Å². The first kappa shape index (κ1) is 17.7. The van der Waals surface area contributed by atoms with Crippen LogP contribution in [0, 0.1) is 6.92 Å². The van der Waals surface area contributed by atoms with Crippen molar-refractivity contribution in [3.05, 3.63) is 65.7 Å². The summed E-state index contributed by atoms with van der Waals surface area (Å²) in [6.45, 7) is 2.83. The lowest BCUT2D eigenvalue weighted by molar-refractivity contribution is 0.381. The number of nitrogens with one attached hydrogen (secondary N) is 1. The van der Waals surface area contributed by atoms with E-state index in [9.17, 15) is 0 Å². The van der Waals surface area contributed by atoms with Crippen LogP contribution in [0.1, 0.15) is 11.1 Å². The molecule has 1 aromatic heterocycles. The SMILES string of the molecule is COc1ccc(CCNc2cc(-c3cccc(C)c3)nc(OC)n2)cc1. The number of aryl methyl sites for hydroxylation is 1. The van der Waals surface area contributed by atoms with Crippen molar-refractivity contribution in [1.29, 1.82) is 0 Å². The van der Waals surface area contributed by atoms with Crippen LogP contribution in [0.3, 0.4) is 0 Å². The summed E-state index contributed by atoms with van der Waals surface area (Å²) in [5.41, 5.74) is 4.31. The molecule has 0 atom stereocenters. The molecule has 0 spiro atoms. The minimum atomic E-state index is 0.357. The first-order valence-electron chi connectivity index (χ1n) is 8.55. The Hall–Kier alpha value is -3.08. The third-order valence-corrected chi connectivity index (χ3v) is 4.08. The number of methoxy groups -OCH3 is 2. The fourth-order valence-electron chi connectivity index (χ4n) is 2.69. The molecule has 0 bridgehead atoms. The summed E-state index contributed by atoms with van der Waals surface area (Å²) < 4.78 is 10.4. The van der Waals surface area contributed by atoms with Crippen molar-refractivity contribution < 1.29 is 9.47 Å². The van der Waals surface area contributed by atoms with Crippen LogP contribution in [-0.4, -0.2) is 30.7 Å². The van der Waals surface area contributed by atoms with Crippen molar-refractivity contribution in [1.82, 2.24) is 9.97 Å². The van der Waals surface area contributed by atoms with Gasteiger partial charge in [-0.2, -0.15) is 9.97 Å². The van der Waals surface area contributed by atoms with Gasteiger partial charge in [-0.25, -0.2) is 0 Å². The molecule has 0 aliphatic rings. The van der Waals surface area contributed by atoms with Crippen LogP contribution in [0.25, 0.3) is 11.3 Å². The highest BCUT2D eigenvalue weighted by molar-refractivity contribution is 5.63. The number of rotatable bonds is 7. The molecule has 26 heavy (non-hydrogen) atoms. The number of nitrogens with zero attached hydrogens (tertiary/aromatic N) is 2. The molecule has 3 rings (SSSR count). The second-order valence-corrected chi connectivity index (χ2v) is 6.02. The Labute approximate surface area is 154 Å². The number of benzene rings is 2. The van der Waals surface area contributed by atoms with E-state index in [0.29, 0.717) is 6.01 Å². The van der Waals surface area contributed by atoms with Gasteiger partial charge in [0.25, 0.3) is 0 Å². The summed E-state index contributed by atoms with van der Waals surface area (Å²) in [7, 11) is 3.25. The highest BCUT2D eigenvalue weighted by Crippen LogP contribution is 2.23. The van der Waals surface area contributed by atoms with Gasteiger partial charge in [0.2, 0.25) is 0 Å². The second-order valence-electron chi connectivity index (χ2n) is 6.02. The van der Waals surface area contributed by atoms with Crippen molar-refractivity contribution in [2.75, 3.05) is 26.1 Å². The predicted octanol–water partition coefficient (Wildman–Crippen LogP) is 4.12. The Morgan fingerprint density at radius 2 is 1.73 bits per heavy atom. The molecule has 0 aliphatic carbocycles. The molecular weight excluding hydrogens is 326 g/mol. The highest BCUT2D eigenvalue weighted by Gasteiger charge is 2.07. The van der Waals surface area contributed by atoms with Crippen molar-refractivity contribution >= 4 is 5.82 Å². The summed E-state index contributed by atoms with van der Waals surface area (Å²) in [4.78, 5) is 8.86. The van der Waals surface area contributed by atoms with E-state index < -0.39 is 0 Å². The van der Waals surface area contributed by atoms with Crippen molar-refractivity contribution in [2.45, 2.75) is 13.3 Å². The largest absolute Gasteiger partial charge is 0.497 e. The Morgan fingerprint density at radius 1 is 0.923 bits per heavy atom. The summed E-state index contributed by atoms with van der Waals surface area (Å²) in [6, 6.07) is 18.6. The van der Waals surface area contributed by atoms with Crippen LogP contribution in [0.15, 0.2) is 54.6 Å². The lowest BCUT2D eigenvalue weighted by Crippen LogP contribution is -2.08. The van der Waals surface area contributed by atoms with E-state index in [1.54, 1.807) is 14.2 Å².